The van der Waals surface area contributed by atoms with Gasteiger partial charge in [0, 0.05) is 18.8 Å². The summed E-state index contributed by atoms with van der Waals surface area (Å²) in [4.78, 5) is 0. The number of hydrogen-bond acceptors (Lipinski definition) is 3. The Hall–Kier alpha value is -0.100. The average Bonchev–Trinajstić information content (AvgIpc) is 2.52. The zero-order valence-corrected chi connectivity index (χ0v) is 9.74. The predicted molar refractivity (Wildman–Crippen MR) is 53.8 cm³/mol. The van der Waals surface area contributed by atoms with Crippen LogP contribution in [0.3, 0.4) is 0 Å². The molecule has 0 unspecified atom stereocenters. The summed E-state index contributed by atoms with van der Waals surface area (Å²) in [5.41, 5.74) is 0. The third-order valence-corrected chi connectivity index (χ3v) is 4.00. The molecule has 14 heavy (non-hydrogen) atoms. The monoisotopic (exact) mass is 282 g/mol. The Kier molecular flexibility index (Phi) is 2.83. The minimum absolute atomic E-state index is 0.0190. The molecule has 78 valence electrons. The van der Waals surface area contributed by atoms with Crippen LogP contribution in [-0.2, 0) is 0 Å². The maximum atomic E-state index is 12.9. The van der Waals surface area contributed by atoms with E-state index < -0.39 is 5.92 Å². The largest absolute Gasteiger partial charge is 0.248 e. The van der Waals surface area contributed by atoms with E-state index in [1.807, 2.05) is 0 Å². The SMILES string of the molecule is FC1(F)CCC(c2nnc(Br)s2)CC1. The molecule has 0 N–H and O–H groups in total. The summed E-state index contributed by atoms with van der Waals surface area (Å²) >= 11 is 4.66. The molecular weight excluding hydrogens is 274 g/mol. The number of halogens is 3. The Balaban J connectivity index is 2.02. The molecule has 0 radical (unpaired) electrons. The van der Waals surface area contributed by atoms with Gasteiger partial charge in [0.15, 0.2) is 3.92 Å². The third kappa shape index (κ3) is 2.28. The lowest BCUT2D eigenvalue weighted by Gasteiger charge is -2.26. The van der Waals surface area contributed by atoms with Crippen molar-refractivity contribution in [3.63, 3.8) is 0 Å². The normalized spacial score (nSPS) is 22.5. The quantitative estimate of drug-likeness (QED) is 0.787. The molecule has 6 heteroatoms. The van der Waals surface area contributed by atoms with E-state index >= 15 is 0 Å². The van der Waals surface area contributed by atoms with Crippen molar-refractivity contribution in [1.82, 2.24) is 10.2 Å². The average molecular weight is 283 g/mol. The van der Waals surface area contributed by atoms with Gasteiger partial charge in [0.2, 0.25) is 5.92 Å². The van der Waals surface area contributed by atoms with Gasteiger partial charge in [-0.25, -0.2) is 8.78 Å². The first kappa shape index (κ1) is 10.4. The van der Waals surface area contributed by atoms with E-state index in [2.05, 4.69) is 26.1 Å². The van der Waals surface area contributed by atoms with Crippen LogP contribution in [-0.4, -0.2) is 16.1 Å². The van der Waals surface area contributed by atoms with Crippen molar-refractivity contribution < 1.29 is 8.78 Å². The highest BCUT2D eigenvalue weighted by Gasteiger charge is 2.36. The molecule has 1 aromatic rings. The van der Waals surface area contributed by atoms with Gasteiger partial charge >= 0.3 is 0 Å². The summed E-state index contributed by atoms with van der Waals surface area (Å²) in [6.45, 7) is 0. The summed E-state index contributed by atoms with van der Waals surface area (Å²) < 4.78 is 26.4. The lowest BCUT2D eigenvalue weighted by atomic mass is 9.87. The number of nitrogens with zero attached hydrogens (tertiary/aromatic N) is 2. The van der Waals surface area contributed by atoms with Gasteiger partial charge in [-0.15, -0.1) is 10.2 Å². The number of alkyl halides is 2. The molecule has 0 spiro atoms. The molecule has 1 saturated carbocycles. The third-order valence-electron chi connectivity index (χ3n) is 2.48. The summed E-state index contributed by atoms with van der Waals surface area (Å²) in [7, 11) is 0. The van der Waals surface area contributed by atoms with Gasteiger partial charge in [-0.3, -0.25) is 0 Å². The smallest absolute Gasteiger partial charge is 0.207 e. The first-order chi connectivity index (χ1) is 6.57. The van der Waals surface area contributed by atoms with Gasteiger partial charge in [-0.05, 0) is 28.8 Å². The second-order valence-electron chi connectivity index (χ2n) is 3.52. The van der Waals surface area contributed by atoms with Crippen molar-refractivity contribution in [2.45, 2.75) is 37.5 Å². The van der Waals surface area contributed by atoms with Crippen molar-refractivity contribution in [3.8, 4) is 0 Å². The topological polar surface area (TPSA) is 25.8 Å². The molecular formula is C8H9BrF2N2S. The molecule has 0 amide bonds. The van der Waals surface area contributed by atoms with Crippen molar-refractivity contribution in [3.05, 3.63) is 8.92 Å². The number of hydrogen-bond donors (Lipinski definition) is 0. The van der Waals surface area contributed by atoms with Crippen LogP contribution in [0.25, 0.3) is 0 Å². The van der Waals surface area contributed by atoms with Crippen molar-refractivity contribution in [2.24, 2.45) is 0 Å². The zero-order chi connectivity index (χ0) is 10.2. The van der Waals surface area contributed by atoms with Crippen LogP contribution in [0.2, 0.25) is 0 Å². The van der Waals surface area contributed by atoms with E-state index in [4.69, 9.17) is 0 Å². The van der Waals surface area contributed by atoms with Crippen LogP contribution >= 0.6 is 27.3 Å². The maximum Gasteiger partial charge on any atom is 0.248 e. The molecule has 0 aromatic carbocycles. The highest BCUT2D eigenvalue weighted by molar-refractivity contribution is 9.11. The lowest BCUT2D eigenvalue weighted by molar-refractivity contribution is -0.0382. The molecule has 2 rings (SSSR count). The van der Waals surface area contributed by atoms with Crippen LogP contribution in [0.1, 0.15) is 36.6 Å². The first-order valence-electron chi connectivity index (χ1n) is 4.43. The number of rotatable bonds is 1. The Morgan fingerprint density at radius 2 is 1.93 bits per heavy atom. The Labute approximate surface area is 92.9 Å². The highest BCUT2D eigenvalue weighted by atomic mass is 79.9. The van der Waals surface area contributed by atoms with Crippen LogP contribution in [0.4, 0.5) is 8.78 Å². The molecule has 1 aliphatic carbocycles. The summed E-state index contributed by atoms with van der Waals surface area (Å²) in [6.07, 6.45) is 1.01. The van der Waals surface area contributed by atoms with E-state index in [0.717, 1.165) is 8.92 Å². The Bertz CT molecular complexity index is 319. The number of aromatic nitrogens is 2. The standard InChI is InChI=1S/C8H9BrF2N2S/c9-7-13-12-6(14-7)5-1-3-8(10,11)4-2-5/h5H,1-4H2. The van der Waals surface area contributed by atoms with Gasteiger partial charge in [0.05, 0.1) is 0 Å². The molecule has 2 nitrogen and oxygen atoms in total. The van der Waals surface area contributed by atoms with E-state index in [-0.39, 0.29) is 18.8 Å². The first-order valence-corrected chi connectivity index (χ1v) is 6.04. The molecule has 1 heterocycles. The molecule has 1 fully saturated rings. The van der Waals surface area contributed by atoms with Crippen molar-refractivity contribution in [1.29, 1.82) is 0 Å². The van der Waals surface area contributed by atoms with Gasteiger partial charge in [-0.2, -0.15) is 0 Å². The molecule has 0 bridgehead atoms. The fraction of sp³-hybridized carbons (Fsp3) is 0.750. The molecule has 0 atom stereocenters. The fourth-order valence-corrected chi connectivity index (χ4v) is 2.98. The van der Waals surface area contributed by atoms with Gasteiger partial charge in [-0.1, -0.05) is 11.3 Å². The van der Waals surface area contributed by atoms with E-state index in [1.54, 1.807) is 0 Å². The van der Waals surface area contributed by atoms with E-state index in [1.165, 1.54) is 11.3 Å². The molecule has 0 saturated heterocycles. The van der Waals surface area contributed by atoms with E-state index in [0.29, 0.717) is 12.8 Å². The molecule has 1 aliphatic rings. The maximum absolute atomic E-state index is 12.9. The Morgan fingerprint density at radius 3 is 2.43 bits per heavy atom. The van der Waals surface area contributed by atoms with E-state index in [9.17, 15) is 8.78 Å². The summed E-state index contributed by atoms with van der Waals surface area (Å²) in [5, 5.41) is 8.67. The highest BCUT2D eigenvalue weighted by Crippen LogP contribution is 2.41. The summed E-state index contributed by atoms with van der Waals surface area (Å²) in [6, 6.07) is 0. The zero-order valence-electron chi connectivity index (χ0n) is 7.34. The van der Waals surface area contributed by atoms with Crippen molar-refractivity contribution >= 4 is 27.3 Å². The molecule has 0 aliphatic heterocycles. The summed E-state index contributed by atoms with van der Waals surface area (Å²) in [5.74, 6) is -2.28. The minimum atomic E-state index is -2.46. The van der Waals surface area contributed by atoms with Crippen LogP contribution in [0.5, 0.6) is 0 Å². The van der Waals surface area contributed by atoms with Gasteiger partial charge < -0.3 is 0 Å². The van der Waals surface area contributed by atoms with Crippen molar-refractivity contribution in [2.75, 3.05) is 0 Å². The van der Waals surface area contributed by atoms with Gasteiger partial charge in [0.1, 0.15) is 5.01 Å². The second-order valence-corrected chi connectivity index (χ2v) is 5.81. The Morgan fingerprint density at radius 1 is 1.29 bits per heavy atom. The fourth-order valence-electron chi connectivity index (χ4n) is 1.67. The van der Waals surface area contributed by atoms with Crippen LogP contribution in [0.15, 0.2) is 3.92 Å². The molecule has 1 aromatic heterocycles. The van der Waals surface area contributed by atoms with Crippen LogP contribution in [0, 0.1) is 0 Å². The lowest BCUT2D eigenvalue weighted by Crippen LogP contribution is -2.23. The van der Waals surface area contributed by atoms with Crippen LogP contribution < -0.4 is 0 Å². The predicted octanol–water partition coefficient (Wildman–Crippen LogP) is 3.59. The second kappa shape index (κ2) is 3.81. The minimum Gasteiger partial charge on any atom is -0.207 e. The van der Waals surface area contributed by atoms with Gasteiger partial charge in [0.25, 0.3) is 0 Å².